The SMILES string of the molecule is CCCCOc1ccc(/C=C2\Sc3ccc(CCC#N)cc3C2=O)cc1. The smallest absolute Gasteiger partial charge is 0.200 e. The molecule has 0 N–H and O–H groups in total. The van der Waals surface area contributed by atoms with Crippen LogP contribution in [-0.2, 0) is 6.42 Å². The Kier molecular flexibility index (Phi) is 6.14. The Bertz CT molecular complexity index is 863. The largest absolute Gasteiger partial charge is 0.494 e. The fourth-order valence-corrected chi connectivity index (χ4v) is 3.77. The van der Waals surface area contributed by atoms with E-state index in [-0.39, 0.29) is 5.78 Å². The number of carbonyl (C=O) groups excluding carboxylic acids is 1. The predicted molar refractivity (Wildman–Crippen MR) is 105 cm³/mol. The minimum Gasteiger partial charge on any atom is -0.494 e. The first-order valence-corrected chi connectivity index (χ1v) is 9.70. The number of benzene rings is 2. The number of ketones is 1. The molecule has 0 aromatic heterocycles. The van der Waals surface area contributed by atoms with Gasteiger partial charge in [0.15, 0.2) is 0 Å². The molecule has 0 unspecified atom stereocenters. The van der Waals surface area contributed by atoms with Gasteiger partial charge >= 0.3 is 0 Å². The van der Waals surface area contributed by atoms with E-state index in [4.69, 9.17) is 10.00 Å². The van der Waals surface area contributed by atoms with Crippen LogP contribution in [-0.4, -0.2) is 12.4 Å². The molecule has 0 fully saturated rings. The maximum Gasteiger partial charge on any atom is 0.200 e. The van der Waals surface area contributed by atoms with E-state index in [9.17, 15) is 4.79 Å². The lowest BCUT2D eigenvalue weighted by Crippen LogP contribution is -1.97. The van der Waals surface area contributed by atoms with Gasteiger partial charge in [-0.1, -0.05) is 43.3 Å². The van der Waals surface area contributed by atoms with Crippen LogP contribution in [0.3, 0.4) is 0 Å². The van der Waals surface area contributed by atoms with Gasteiger partial charge in [-0.15, -0.1) is 0 Å². The first-order chi connectivity index (χ1) is 12.7. The zero-order valence-electron chi connectivity index (χ0n) is 14.8. The van der Waals surface area contributed by atoms with Gasteiger partial charge in [0.05, 0.1) is 17.6 Å². The number of rotatable bonds is 7. The van der Waals surface area contributed by atoms with Gasteiger partial charge in [0.2, 0.25) is 5.78 Å². The van der Waals surface area contributed by atoms with Crippen molar-refractivity contribution in [2.24, 2.45) is 0 Å². The molecule has 2 aromatic carbocycles. The zero-order chi connectivity index (χ0) is 18.4. The average Bonchev–Trinajstić information content (AvgIpc) is 2.97. The molecule has 4 heteroatoms. The number of ether oxygens (including phenoxy) is 1. The number of hydrogen-bond donors (Lipinski definition) is 0. The van der Waals surface area contributed by atoms with Crippen molar-refractivity contribution in [1.82, 2.24) is 0 Å². The van der Waals surface area contributed by atoms with Gasteiger partial charge in [-0.3, -0.25) is 4.79 Å². The molecule has 1 aliphatic rings. The van der Waals surface area contributed by atoms with Crippen molar-refractivity contribution in [1.29, 1.82) is 5.26 Å². The van der Waals surface area contributed by atoms with E-state index in [0.717, 1.165) is 51.7 Å². The highest BCUT2D eigenvalue weighted by Crippen LogP contribution is 2.41. The summed E-state index contributed by atoms with van der Waals surface area (Å²) in [6.07, 6.45) is 5.24. The van der Waals surface area contributed by atoms with E-state index in [1.54, 1.807) is 0 Å². The highest BCUT2D eigenvalue weighted by Gasteiger charge is 2.26. The number of aryl methyl sites for hydroxylation is 1. The van der Waals surface area contributed by atoms with Crippen LogP contribution in [0, 0.1) is 11.3 Å². The minimum absolute atomic E-state index is 0.0621. The summed E-state index contributed by atoms with van der Waals surface area (Å²) in [5.41, 5.74) is 2.77. The Morgan fingerprint density at radius 1 is 1.19 bits per heavy atom. The number of hydrogen-bond acceptors (Lipinski definition) is 4. The van der Waals surface area contributed by atoms with Gasteiger partial charge in [-0.05, 0) is 54.3 Å². The number of nitrogens with zero attached hydrogens (tertiary/aromatic N) is 1. The molecule has 0 amide bonds. The van der Waals surface area contributed by atoms with Crippen LogP contribution in [0.5, 0.6) is 5.75 Å². The Morgan fingerprint density at radius 3 is 2.73 bits per heavy atom. The molecule has 0 saturated heterocycles. The lowest BCUT2D eigenvalue weighted by atomic mass is 10.0. The minimum atomic E-state index is 0.0621. The van der Waals surface area contributed by atoms with Crippen molar-refractivity contribution in [3.8, 4) is 11.8 Å². The zero-order valence-corrected chi connectivity index (χ0v) is 15.6. The van der Waals surface area contributed by atoms with Gasteiger partial charge in [0, 0.05) is 16.9 Å². The Labute approximate surface area is 158 Å². The molecule has 0 bridgehead atoms. The van der Waals surface area contributed by atoms with Gasteiger partial charge in [0.25, 0.3) is 0 Å². The number of thioether (sulfide) groups is 1. The summed E-state index contributed by atoms with van der Waals surface area (Å²) in [6, 6.07) is 15.9. The van der Waals surface area contributed by atoms with E-state index >= 15 is 0 Å². The fraction of sp³-hybridized carbons (Fsp3) is 0.273. The second kappa shape index (κ2) is 8.73. The van der Waals surface area contributed by atoms with Gasteiger partial charge in [0.1, 0.15) is 5.75 Å². The number of nitriles is 1. The summed E-state index contributed by atoms with van der Waals surface area (Å²) < 4.78 is 5.67. The van der Waals surface area contributed by atoms with E-state index < -0.39 is 0 Å². The van der Waals surface area contributed by atoms with Crippen molar-refractivity contribution in [2.75, 3.05) is 6.61 Å². The van der Waals surface area contributed by atoms with Crippen molar-refractivity contribution >= 4 is 23.6 Å². The monoisotopic (exact) mass is 363 g/mol. The van der Waals surface area contributed by atoms with E-state index in [1.165, 1.54) is 11.8 Å². The fourth-order valence-electron chi connectivity index (χ4n) is 2.74. The molecule has 0 atom stereocenters. The summed E-state index contributed by atoms with van der Waals surface area (Å²) >= 11 is 1.51. The molecule has 132 valence electrons. The molecule has 1 aliphatic heterocycles. The van der Waals surface area contributed by atoms with E-state index in [1.807, 2.05) is 48.5 Å². The molecule has 26 heavy (non-hydrogen) atoms. The van der Waals surface area contributed by atoms with Crippen LogP contribution in [0.2, 0.25) is 0 Å². The molecule has 1 heterocycles. The highest BCUT2D eigenvalue weighted by molar-refractivity contribution is 8.04. The van der Waals surface area contributed by atoms with E-state index in [2.05, 4.69) is 13.0 Å². The van der Waals surface area contributed by atoms with Crippen molar-refractivity contribution in [2.45, 2.75) is 37.5 Å². The third kappa shape index (κ3) is 4.36. The maximum atomic E-state index is 12.7. The Hall–Kier alpha value is -2.51. The maximum absolute atomic E-state index is 12.7. The third-order valence-corrected chi connectivity index (χ3v) is 5.30. The molecule has 3 nitrogen and oxygen atoms in total. The molecule has 0 radical (unpaired) electrons. The van der Waals surface area contributed by atoms with Gasteiger partial charge in [-0.25, -0.2) is 0 Å². The number of Topliss-reactive ketones (excluding diaryl/α,β-unsaturated/α-hetero) is 1. The first kappa shape index (κ1) is 18.3. The summed E-state index contributed by atoms with van der Waals surface area (Å²) in [5, 5.41) is 8.72. The molecular formula is C22H21NO2S. The van der Waals surface area contributed by atoms with Crippen molar-refractivity contribution in [3.05, 3.63) is 64.1 Å². The van der Waals surface area contributed by atoms with Gasteiger partial charge < -0.3 is 4.74 Å². The van der Waals surface area contributed by atoms with Crippen LogP contribution in [0.15, 0.2) is 52.3 Å². The topological polar surface area (TPSA) is 50.1 Å². The quantitative estimate of drug-likeness (QED) is 0.471. The Balaban J connectivity index is 1.72. The number of fused-ring (bicyclic) bond motifs is 1. The number of carbonyl (C=O) groups is 1. The second-order valence-electron chi connectivity index (χ2n) is 6.20. The summed E-state index contributed by atoms with van der Waals surface area (Å²) in [6.45, 7) is 2.87. The molecule has 0 spiro atoms. The summed E-state index contributed by atoms with van der Waals surface area (Å²) in [5.74, 6) is 0.920. The lowest BCUT2D eigenvalue weighted by molar-refractivity contribution is 0.104. The highest BCUT2D eigenvalue weighted by atomic mass is 32.2. The standard InChI is InChI=1S/C22H21NO2S/c1-2-3-13-25-18-9-6-17(7-10-18)15-21-22(24)19-14-16(5-4-12-23)8-11-20(19)26-21/h6-11,14-15H,2-5,13H2,1H3/b21-15-. The Morgan fingerprint density at radius 2 is 2.00 bits per heavy atom. The average molecular weight is 363 g/mol. The van der Waals surface area contributed by atoms with Gasteiger partial charge in [-0.2, -0.15) is 5.26 Å². The summed E-state index contributed by atoms with van der Waals surface area (Å²) in [4.78, 5) is 14.4. The molecule has 0 aliphatic carbocycles. The summed E-state index contributed by atoms with van der Waals surface area (Å²) in [7, 11) is 0. The number of allylic oxidation sites excluding steroid dienone is 1. The molecule has 0 saturated carbocycles. The van der Waals surface area contributed by atoms with E-state index in [0.29, 0.717) is 12.8 Å². The van der Waals surface area contributed by atoms with Crippen LogP contribution in [0.25, 0.3) is 6.08 Å². The predicted octanol–water partition coefficient (Wildman–Crippen LogP) is 5.65. The molecular weight excluding hydrogens is 342 g/mol. The second-order valence-corrected chi connectivity index (χ2v) is 7.28. The molecule has 3 rings (SSSR count). The van der Waals surface area contributed by atoms with Crippen LogP contribution >= 0.6 is 11.8 Å². The van der Waals surface area contributed by atoms with Crippen LogP contribution in [0.4, 0.5) is 0 Å². The van der Waals surface area contributed by atoms with Crippen molar-refractivity contribution in [3.63, 3.8) is 0 Å². The third-order valence-electron chi connectivity index (χ3n) is 4.20. The lowest BCUT2D eigenvalue weighted by Gasteiger charge is -2.05. The normalized spacial score (nSPS) is 14.3. The van der Waals surface area contributed by atoms with Crippen LogP contribution in [0.1, 0.15) is 47.7 Å². The van der Waals surface area contributed by atoms with Crippen molar-refractivity contribution < 1.29 is 9.53 Å². The first-order valence-electron chi connectivity index (χ1n) is 8.88. The van der Waals surface area contributed by atoms with Crippen LogP contribution < -0.4 is 4.74 Å². The number of unbranched alkanes of at least 4 members (excludes halogenated alkanes) is 1. The molecule has 2 aromatic rings.